The minimum atomic E-state index is -0.308. The molecule has 1 N–H and O–H groups in total. The van der Waals surface area contributed by atoms with Crippen molar-refractivity contribution in [2.24, 2.45) is 0 Å². The number of rotatable bonds is 7. The van der Waals surface area contributed by atoms with Gasteiger partial charge in [-0.1, -0.05) is 60.5 Å². The highest BCUT2D eigenvalue weighted by Gasteiger charge is 2.35. The van der Waals surface area contributed by atoms with Crippen LogP contribution in [-0.2, 0) is 16.6 Å². The highest BCUT2D eigenvalue weighted by molar-refractivity contribution is 5.76. The SMILES string of the molecule is Cc1ccc(-c2noc(CCC(=O)NCC3(c4ccccc4)CCCC3)n2)cc1F. The molecule has 1 aliphatic carbocycles. The molecule has 1 aliphatic rings. The summed E-state index contributed by atoms with van der Waals surface area (Å²) in [7, 11) is 0. The zero-order chi connectivity index (χ0) is 21.0. The predicted octanol–water partition coefficient (Wildman–Crippen LogP) is 4.74. The fourth-order valence-electron chi connectivity index (χ4n) is 4.19. The number of carbonyl (C=O) groups excluding carboxylic acids is 1. The molecular formula is C24H26FN3O2. The summed E-state index contributed by atoms with van der Waals surface area (Å²) in [5.74, 6) is 0.369. The molecule has 0 saturated heterocycles. The Balaban J connectivity index is 1.33. The smallest absolute Gasteiger partial charge is 0.227 e. The molecule has 3 aromatic rings. The van der Waals surface area contributed by atoms with E-state index in [1.807, 2.05) is 6.07 Å². The molecule has 156 valence electrons. The average molecular weight is 407 g/mol. The number of carbonyl (C=O) groups is 1. The largest absolute Gasteiger partial charge is 0.355 e. The molecule has 6 heteroatoms. The second-order valence-electron chi connectivity index (χ2n) is 8.11. The van der Waals surface area contributed by atoms with E-state index in [1.165, 1.54) is 24.5 Å². The van der Waals surface area contributed by atoms with E-state index in [2.05, 4.69) is 39.7 Å². The van der Waals surface area contributed by atoms with Crippen LogP contribution >= 0.6 is 0 Å². The van der Waals surface area contributed by atoms with Crippen LogP contribution in [0, 0.1) is 12.7 Å². The first-order chi connectivity index (χ1) is 14.6. The van der Waals surface area contributed by atoms with E-state index >= 15 is 0 Å². The first kappa shape index (κ1) is 20.3. The summed E-state index contributed by atoms with van der Waals surface area (Å²) in [5.41, 5.74) is 2.46. The number of halogens is 1. The van der Waals surface area contributed by atoms with Crippen LogP contribution in [0.4, 0.5) is 4.39 Å². The number of nitrogens with one attached hydrogen (secondary N) is 1. The second-order valence-corrected chi connectivity index (χ2v) is 8.11. The number of benzene rings is 2. The lowest BCUT2D eigenvalue weighted by Crippen LogP contribution is -2.39. The molecule has 1 heterocycles. The van der Waals surface area contributed by atoms with Gasteiger partial charge in [-0.15, -0.1) is 0 Å². The maximum Gasteiger partial charge on any atom is 0.227 e. The molecule has 30 heavy (non-hydrogen) atoms. The van der Waals surface area contributed by atoms with Gasteiger partial charge < -0.3 is 9.84 Å². The van der Waals surface area contributed by atoms with E-state index in [0.717, 1.165) is 12.8 Å². The maximum absolute atomic E-state index is 13.8. The van der Waals surface area contributed by atoms with Crippen molar-refractivity contribution in [3.8, 4) is 11.4 Å². The monoisotopic (exact) mass is 407 g/mol. The highest BCUT2D eigenvalue weighted by atomic mass is 19.1. The summed E-state index contributed by atoms with van der Waals surface area (Å²) in [5, 5.41) is 7.02. The van der Waals surface area contributed by atoms with Crippen LogP contribution in [0.3, 0.4) is 0 Å². The van der Waals surface area contributed by atoms with Gasteiger partial charge in [-0.3, -0.25) is 4.79 Å². The standard InChI is InChI=1S/C24H26FN3O2/c1-17-9-10-18(15-20(17)25)23-27-22(30-28-23)12-11-21(29)26-16-24(13-5-6-14-24)19-7-3-2-4-8-19/h2-4,7-10,15H,5-6,11-14,16H2,1H3,(H,26,29). The molecule has 1 aromatic heterocycles. The molecule has 1 amide bonds. The minimum Gasteiger partial charge on any atom is -0.355 e. The van der Waals surface area contributed by atoms with Gasteiger partial charge in [-0.25, -0.2) is 4.39 Å². The normalized spacial score (nSPS) is 15.3. The van der Waals surface area contributed by atoms with Crippen molar-refractivity contribution < 1.29 is 13.7 Å². The fourth-order valence-corrected chi connectivity index (χ4v) is 4.19. The van der Waals surface area contributed by atoms with Crippen LogP contribution in [0.2, 0.25) is 0 Å². The van der Waals surface area contributed by atoms with Crippen molar-refractivity contribution in [1.82, 2.24) is 15.5 Å². The molecule has 2 aromatic carbocycles. The third kappa shape index (κ3) is 4.42. The van der Waals surface area contributed by atoms with Gasteiger partial charge in [-0.2, -0.15) is 4.98 Å². The van der Waals surface area contributed by atoms with Crippen LogP contribution in [0.15, 0.2) is 53.1 Å². The summed E-state index contributed by atoms with van der Waals surface area (Å²) in [4.78, 5) is 16.8. The van der Waals surface area contributed by atoms with E-state index < -0.39 is 0 Å². The molecule has 1 fully saturated rings. The Hall–Kier alpha value is -3.02. The van der Waals surface area contributed by atoms with Crippen molar-refractivity contribution >= 4 is 5.91 Å². The van der Waals surface area contributed by atoms with Crippen LogP contribution in [-0.4, -0.2) is 22.6 Å². The minimum absolute atomic E-state index is 0.0293. The van der Waals surface area contributed by atoms with Crippen LogP contribution < -0.4 is 5.32 Å². The first-order valence-corrected chi connectivity index (χ1v) is 10.5. The molecule has 0 bridgehead atoms. The Morgan fingerprint density at radius 2 is 1.93 bits per heavy atom. The predicted molar refractivity (Wildman–Crippen MR) is 112 cm³/mol. The molecule has 1 saturated carbocycles. The molecule has 4 rings (SSSR count). The molecule has 0 radical (unpaired) electrons. The fraction of sp³-hybridized carbons (Fsp3) is 0.375. The van der Waals surface area contributed by atoms with Crippen molar-refractivity contribution in [3.05, 3.63) is 71.4 Å². The Kier molecular flexibility index (Phi) is 5.93. The topological polar surface area (TPSA) is 68.0 Å². The number of aromatic nitrogens is 2. The summed E-state index contributed by atoms with van der Waals surface area (Å²) < 4.78 is 19.0. The van der Waals surface area contributed by atoms with Gasteiger partial charge in [0.15, 0.2) is 0 Å². The molecule has 0 aliphatic heterocycles. The van der Waals surface area contributed by atoms with Crippen LogP contribution in [0.5, 0.6) is 0 Å². The van der Waals surface area contributed by atoms with Crippen molar-refractivity contribution in [2.45, 2.75) is 50.9 Å². The Morgan fingerprint density at radius 1 is 1.17 bits per heavy atom. The van der Waals surface area contributed by atoms with Gasteiger partial charge in [0.25, 0.3) is 0 Å². The second kappa shape index (κ2) is 8.78. The van der Waals surface area contributed by atoms with Crippen LogP contribution in [0.25, 0.3) is 11.4 Å². The van der Waals surface area contributed by atoms with Gasteiger partial charge >= 0.3 is 0 Å². The first-order valence-electron chi connectivity index (χ1n) is 10.5. The van der Waals surface area contributed by atoms with Gasteiger partial charge in [-0.05, 0) is 37.0 Å². The average Bonchev–Trinajstić information content (AvgIpc) is 3.44. The lowest BCUT2D eigenvalue weighted by molar-refractivity contribution is -0.121. The maximum atomic E-state index is 13.8. The third-order valence-corrected chi connectivity index (χ3v) is 6.03. The van der Waals surface area contributed by atoms with Crippen molar-refractivity contribution in [3.63, 3.8) is 0 Å². The quantitative estimate of drug-likeness (QED) is 0.614. The molecule has 0 spiro atoms. The van der Waals surface area contributed by atoms with E-state index in [9.17, 15) is 9.18 Å². The highest BCUT2D eigenvalue weighted by Crippen LogP contribution is 2.40. The van der Waals surface area contributed by atoms with E-state index in [0.29, 0.717) is 35.8 Å². The third-order valence-electron chi connectivity index (χ3n) is 6.03. The number of amides is 1. The number of hydrogen-bond acceptors (Lipinski definition) is 4. The Bertz CT molecular complexity index is 1010. The molecular weight excluding hydrogens is 381 g/mol. The summed E-state index contributed by atoms with van der Waals surface area (Å²) in [6.07, 6.45) is 5.19. The van der Waals surface area contributed by atoms with E-state index in [4.69, 9.17) is 4.52 Å². The molecule has 0 atom stereocenters. The molecule has 5 nitrogen and oxygen atoms in total. The lowest BCUT2D eigenvalue weighted by atomic mass is 9.79. The number of hydrogen-bond donors (Lipinski definition) is 1. The van der Waals surface area contributed by atoms with Crippen molar-refractivity contribution in [2.75, 3.05) is 6.54 Å². The number of aryl methyl sites for hydroxylation is 2. The number of nitrogens with zero attached hydrogens (tertiary/aromatic N) is 2. The summed E-state index contributed by atoms with van der Waals surface area (Å²) >= 11 is 0. The zero-order valence-corrected chi connectivity index (χ0v) is 17.2. The Morgan fingerprint density at radius 3 is 2.67 bits per heavy atom. The van der Waals surface area contributed by atoms with E-state index in [-0.39, 0.29) is 23.6 Å². The lowest BCUT2D eigenvalue weighted by Gasteiger charge is -2.30. The van der Waals surface area contributed by atoms with Crippen LogP contribution in [0.1, 0.15) is 49.1 Å². The van der Waals surface area contributed by atoms with Crippen molar-refractivity contribution in [1.29, 1.82) is 0 Å². The molecule has 0 unspecified atom stereocenters. The Labute approximate surface area is 175 Å². The van der Waals surface area contributed by atoms with Gasteiger partial charge in [0.05, 0.1) is 0 Å². The zero-order valence-electron chi connectivity index (χ0n) is 17.2. The summed E-state index contributed by atoms with van der Waals surface area (Å²) in [6, 6.07) is 15.3. The van der Waals surface area contributed by atoms with E-state index in [1.54, 1.807) is 19.1 Å². The van der Waals surface area contributed by atoms with Gasteiger partial charge in [0.1, 0.15) is 5.82 Å². The van der Waals surface area contributed by atoms with Gasteiger partial charge in [0.2, 0.25) is 17.6 Å². The van der Waals surface area contributed by atoms with Gasteiger partial charge in [0, 0.05) is 30.4 Å². The summed E-state index contributed by atoms with van der Waals surface area (Å²) in [6.45, 7) is 2.35.